The third kappa shape index (κ3) is 2.54. The number of para-hydroxylation sites is 1. The van der Waals surface area contributed by atoms with Crippen LogP contribution in [0, 0.1) is 0 Å². The SMILES string of the molecule is O=C(NCCc1ccccc1)c1cccc2[nH]cnc12. The molecule has 0 aliphatic heterocycles. The maximum Gasteiger partial charge on any atom is 0.253 e. The lowest BCUT2D eigenvalue weighted by molar-refractivity contribution is 0.0955. The number of aromatic nitrogens is 2. The third-order valence-corrected chi connectivity index (χ3v) is 3.24. The standard InChI is InChI=1S/C16H15N3O/c20-16(17-10-9-12-5-2-1-3-6-12)13-7-4-8-14-15(13)19-11-18-14/h1-8,11H,9-10H2,(H,17,20)(H,18,19). The number of nitrogens with one attached hydrogen (secondary N) is 2. The van der Waals surface area contributed by atoms with Gasteiger partial charge in [0, 0.05) is 6.54 Å². The Morgan fingerprint density at radius 3 is 2.80 bits per heavy atom. The highest BCUT2D eigenvalue weighted by atomic mass is 16.1. The summed E-state index contributed by atoms with van der Waals surface area (Å²) in [5.74, 6) is -0.0846. The molecule has 4 nitrogen and oxygen atoms in total. The Balaban J connectivity index is 1.66. The van der Waals surface area contributed by atoms with Crippen molar-refractivity contribution in [1.29, 1.82) is 0 Å². The molecule has 1 heterocycles. The molecule has 20 heavy (non-hydrogen) atoms. The van der Waals surface area contributed by atoms with Crippen molar-refractivity contribution in [2.75, 3.05) is 6.54 Å². The number of rotatable bonds is 4. The second kappa shape index (κ2) is 5.57. The van der Waals surface area contributed by atoms with Gasteiger partial charge in [0.2, 0.25) is 0 Å². The van der Waals surface area contributed by atoms with Crippen molar-refractivity contribution in [3.8, 4) is 0 Å². The van der Waals surface area contributed by atoms with Crippen molar-refractivity contribution in [1.82, 2.24) is 15.3 Å². The van der Waals surface area contributed by atoms with E-state index in [9.17, 15) is 4.79 Å². The van der Waals surface area contributed by atoms with Crippen LogP contribution in [0.15, 0.2) is 54.9 Å². The molecule has 0 aliphatic rings. The van der Waals surface area contributed by atoms with E-state index < -0.39 is 0 Å². The van der Waals surface area contributed by atoms with Gasteiger partial charge in [-0.15, -0.1) is 0 Å². The summed E-state index contributed by atoms with van der Waals surface area (Å²) in [7, 11) is 0. The number of imidazole rings is 1. The zero-order valence-corrected chi connectivity index (χ0v) is 11.0. The van der Waals surface area contributed by atoms with Gasteiger partial charge in [-0.1, -0.05) is 36.4 Å². The van der Waals surface area contributed by atoms with Crippen LogP contribution in [-0.2, 0) is 6.42 Å². The summed E-state index contributed by atoms with van der Waals surface area (Å²) in [6, 6.07) is 15.7. The summed E-state index contributed by atoms with van der Waals surface area (Å²) in [5.41, 5.74) is 3.41. The van der Waals surface area contributed by atoms with Crippen LogP contribution in [0.4, 0.5) is 0 Å². The minimum Gasteiger partial charge on any atom is -0.352 e. The van der Waals surface area contributed by atoms with Crippen LogP contribution in [0.3, 0.4) is 0 Å². The zero-order chi connectivity index (χ0) is 13.8. The highest BCUT2D eigenvalue weighted by Crippen LogP contribution is 2.14. The normalized spacial score (nSPS) is 10.6. The van der Waals surface area contributed by atoms with Gasteiger partial charge in [-0.25, -0.2) is 4.98 Å². The monoisotopic (exact) mass is 265 g/mol. The van der Waals surface area contributed by atoms with Gasteiger partial charge in [0.25, 0.3) is 5.91 Å². The van der Waals surface area contributed by atoms with E-state index in [2.05, 4.69) is 27.4 Å². The van der Waals surface area contributed by atoms with E-state index in [-0.39, 0.29) is 5.91 Å². The Bertz CT molecular complexity index is 719. The fraction of sp³-hybridized carbons (Fsp3) is 0.125. The van der Waals surface area contributed by atoms with Crippen LogP contribution in [0.1, 0.15) is 15.9 Å². The Hall–Kier alpha value is -2.62. The molecule has 0 saturated carbocycles. The number of hydrogen-bond acceptors (Lipinski definition) is 2. The molecule has 2 N–H and O–H groups in total. The Kier molecular flexibility index (Phi) is 3.46. The van der Waals surface area contributed by atoms with Gasteiger partial charge < -0.3 is 10.3 Å². The number of carbonyl (C=O) groups excluding carboxylic acids is 1. The fourth-order valence-electron chi connectivity index (χ4n) is 2.21. The lowest BCUT2D eigenvalue weighted by Gasteiger charge is -2.06. The summed E-state index contributed by atoms with van der Waals surface area (Å²) in [4.78, 5) is 19.4. The van der Waals surface area contributed by atoms with Gasteiger partial charge in [-0.2, -0.15) is 0 Å². The van der Waals surface area contributed by atoms with E-state index in [1.165, 1.54) is 5.56 Å². The van der Waals surface area contributed by atoms with Gasteiger partial charge >= 0.3 is 0 Å². The van der Waals surface area contributed by atoms with Crippen LogP contribution < -0.4 is 5.32 Å². The van der Waals surface area contributed by atoms with E-state index in [4.69, 9.17) is 0 Å². The summed E-state index contributed by atoms with van der Waals surface area (Å²) in [6.45, 7) is 0.615. The van der Waals surface area contributed by atoms with Crippen LogP contribution in [0.5, 0.6) is 0 Å². The van der Waals surface area contributed by atoms with Crippen molar-refractivity contribution >= 4 is 16.9 Å². The number of aromatic amines is 1. The van der Waals surface area contributed by atoms with Crippen molar-refractivity contribution in [3.05, 3.63) is 66.0 Å². The number of fused-ring (bicyclic) bond motifs is 1. The summed E-state index contributed by atoms with van der Waals surface area (Å²) in [6.07, 6.45) is 2.43. The molecule has 4 heteroatoms. The van der Waals surface area contributed by atoms with E-state index in [1.807, 2.05) is 30.3 Å². The highest BCUT2D eigenvalue weighted by molar-refractivity contribution is 6.04. The molecular weight excluding hydrogens is 250 g/mol. The Morgan fingerprint density at radius 2 is 1.95 bits per heavy atom. The molecule has 0 saturated heterocycles. The summed E-state index contributed by atoms with van der Waals surface area (Å²) >= 11 is 0. The molecule has 0 radical (unpaired) electrons. The molecule has 2 aromatic carbocycles. The molecule has 3 aromatic rings. The van der Waals surface area contributed by atoms with Crippen LogP contribution in [0.25, 0.3) is 11.0 Å². The van der Waals surface area contributed by atoms with Gasteiger partial charge in [-0.3, -0.25) is 4.79 Å². The largest absolute Gasteiger partial charge is 0.352 e. The van der Waals surface area contributed by atoms with Crippen LogP contribution in [-0.4, -0.2) is 22.4 Å². The second-order valence-corrected chi connectivity index (χ2v) is 4.60. The maximum absolute atomic E-state index is 12.2. The number of benzene rings is 2. The zero-order valence-electron chi connectivity index (χ0n) is 11.0. The van der Waals surface area contributed by atoms with Crippen molar-refractivity contribution < 1.29 is 4.79 Å². The van der Waals surface area contributed by atoms with Crippen LogP contribution >= 0.6 is 0 Å². The van der Waals surface area contributed by atoms with Gasteiger partial charge in [0.15, 0.2) is 0 Å². The first-order valence-corrected chi connectivity index (χ1v) is 6.59. The molecule has 0 unspecified atom stereocenters. The van der Waals surface area contributed by atoms with Crippen molar-refractivity contribution in [3.63, 3.8) is 0 Å². The minimum atomic E-state index is -0.0846. The lowest BCUT2D eigenvalue weighted by atomic mass is 10.1. The second-order valence-electron chi connectivity index (χ2n) is 4.60. The van der Waals surface area contributed by atoms with E-state index in [0.717, 1.165) is 11.9 Å². The summed E-state index contributed by atoms with van der Waals surface area (Å²) < 4.78 is 0. The predicted molar refractivity (Wildman–Crippen MR) is 78.6 cm³/mol. The van der Waals surface area contributed by atoms with E-state index >= 15 is 0 Å². The van der Waals surface area contributed by atoms with Gasteiger partial charge in [0.1, 0.15) is 5.52 Å². The van der Waals surface area contributed by atoms with Crippen molar-refractivity contribution in [2.45, 2.75) is 6.42 Å². The topological polar surface area (TPSA) is 57.8 Å². The molecule has 0 spiro atoms. The predicted octanol–water partition coefficient (Wildman–Crippen LogP) is 2.54. The van der Waals surface area contributed by atoms with Crippen LogP contribution in [0.2, 0.25) is 0 Å². The third-order valence-electron chi connectivity index (χ3n) is 3.24. The van der Waals surface area contributed by atoms with Gasteiger partial charge in [0.05, 0.1) is 17.4 Å². The summed E-state index contributed by atoms with van der Waals surface area (Å²) in [5, 5.41) is 2.94. The lowest BCUT2D eigenvalue weighted by Crippen LogP contribution is -2.25. The smallest absolute Gasteiger partial charge is 0.253 e. The first-order chi connectivity index (χ1) is 9.84. The Labute approximate surface area is 116 Å². The molecule has 0 bridgehead atoms. The average Bonchev–Trinajstić information content (AvgIpc) is 2.96. The first kappa shape index (κ1) is 12.4. The van der Waals surface area contributed by atoms with E-state index in [0.29, 0.717) is 17.6 Å². The highest BCUT2D eigenvalue weighted by Gasteiger charge is 2.10. The molecule has 0 aliphatic carbocycles. The van der Waals surface area contributed by atoms with Gasteiger partial charge in [-0.05, 0) is 24.1 Å². The number of nitrogens with zero attached hydrogens (tertiary/aromatic N) is 1. The molecule has 0 atom stereocenters. The first-order valence-electron chi connectivity index (χ1n) is 6.59. The quantitative estimate of drug-likeness (QED) is 0.761. The fourth-order valence-corrected chi connectivity index (χ4v) is 2.21. The minimum absolute atomic E-state index is 0.0846. The number of H-pyrrole nitrogens is 1. The molecule has 1 aromatic heterocycles. The maximum atomic E-state index is 12.2. The van der Waals surface area contributed by atoms with E-state index in [1.54, 1.807) is 12.4 Å². The number of carbonyl (C=O) groups is 1. The molecule has 100 valence electrons. The Morgan fingerprint density at radius 1 is 1.10 bits per heavy atom. The number of hydrogen-bond donors (Lipinski definition) is 2. The molecular formula is C16H15N3O. The van der Waals surface area contributed by atoms with Crippen molar-refractivity contribution in [2.24, 2.45) is 0 Å². The number of amides is 1. The average molecular weight is 265 g/mol. The molecule has 1 amide bonds. The molecule has 3 rings (SSSR count). The molecule has 0 fully saturated rings.